The molecule has 3 rings (SSSR count). The summed E-state index contributed by atoms with van der Waals surface area (Å²) < 4.78 is 16.1. The lowest BCUT2D eigenvalue weighted by Crippen LogP contribution is -2.08. The van der Waals surface area contributed by atoms with Gasteiger partial charge in [0.25, 0.3) is 0 Å². The summed E-state index contributed by atoms with van der Waals surface area (Å²) in [4.78, 5) is 8.79. The topological polar surface area (TPSA) is 77.5 Å². The van der Waals surface area contributed by atoms with Gasteiger partial charge in [-0.2, -0.15) is 4.98 Å². The number of aromatic nitrogens is 2. The van der Waals surface area contributed by atoms with Gasteiger partial charge in [-0.15, -0.1) is 0 Å². The minimum absolute atomic E-state index is 0.533. The second-order valence-corrected chi connectivity index (χ2v) is 6.21. The smallest absolute Gasteiger partial charge is 0.229 e. The van der Waals surface area contributed by atoms with E-state index >= 15 is 0 Å². The highest BCUT2D eigenvalue weighted by Gasteiger charge is 2.05. The molecule has 152 valence electrons. The fourth-order valence-electron chi connectivity index (χ4n) is 2.82. The van der Waals surface area contributed by atoms with Crippen molar-refractivity contribution >= 4 is 17.5 Å². The van der Waals surface area contributed by atoms with Crippen LogP contribution in [0.3, 0.4) is 0 Å². The van der Waals surface area contributed by atoms with Crippen molar-refractivity contribution in [3.05, 3.63) is 60.3 Å². The minimum atomic E-state index is 0.533. The molecule has 29 heavy (non-hydrogen) atoms. The Morgan fingerprint density at radius 1 is 0.931 bits per heavy atom. The van der Waals surface area contributed by atoms with E-state index in [4.69, 9.17) is 14.2 Å². The molecule has 0 unspecified atom stereocenters. The van der Waals surface area contributed by atoms with Crippen molar-refractivity contribution in [2.24, 2.45) is 0 Å². The SMILES string of the molecule is CCOc1ccc(Nc2nccc(NCCc3ccc(OC)c(OC)c3)n2)cc1. The summed E-state index contributed by atoms with van der Waals surface area (Å²) in [5, 5.41) is 6.53. The first-order valence-electron chi connectivity index (χ1n) is 9.49. The van der Waals surface area contributed by atoms with E-state index in [-0.39, 0.29) is 0 Å². The highest BCUT2D eigenvalue weighted by molar-refractivity contribution is 5.55. The quantitative estimate of drug-likeness (QED) is 0.531. The molecular weight excluding hydrogens is 368 g/mol. The van der Waals surface area contributed by atoms with Crippen molar-refractivity contribution in [3.8, 4) is 17.2 Å². The molecule has 0 aliphatic rings. The maximum Gasteiger partial charge on any atom is 0.229 e. The van der Waals surface area contributed by atoms with Crippen LogP contribution in [0, 0.1) is 0 Å². The number of nitrogens with one attached hydrogen (secondary N) is 2. The van der Waals surface area contributed by atoms with Crippen LogP contribution >= 0.6 is 0 Å². The van der Waals surface area contributed by atoms with Gasteiger partial charge < -0.3 is 24.8 Å². The average Bonchev–Trinajstić information content (AvgIpc) is 2.75. The second-order valence-electron chi connectivity index (χ2n) is 6.21. The van der Waals surface area contributed by atoms with E-state index in [1.165, 1.54) is 0 Å². The monoisotopic (exact) mass is 394 g/mol. The number of hydrogen-bond acceptors (Lipinski definition) is 7. The zero-order chi connectivity index (χ0) is 20.5. The van der Waals surface area contributed by atoms with Gasteiger partial charge in [-0.1, -0.05) is 6.07 Å². The average molecular weight is 394 g/mol. The van der Waals surface area contributed by atoms with Crippen molar-refractivity contribution in [3.63, 3.8) is 0 Å². The lowest BCUT2D eigenvalue weighted by atomic mass is 10.1. The number of nitrogens with zero attached hydrogens (tertiary/aromatic N) is 2. The highest BCUT2D eigenvalue weighted by Crippen LogP contribution is 2.27. The molecule has 0 bridgehead atoms. The van der Waals surface area contributed by atoms with E-state index in [0.717, 1.165) is 47.3 Å². The Hall–Kier alpha value is -3.48. The van der Waals surface area contributed by atoms with Crippen LogP contribution in [0.1, 0.15) is 12.5 Å². The Kier molecular flexibility index (Phi) is 7.10. The fraction of sp³-hybridized carbons (Fsp3) is 0.273. The van der Waals surface area contributed by atoms with Gasteiger partial charge in [-0.3, -0.25) is 0 Å². The second kappa shape index (κ2) is 10.2. The summed E-state index contributed by atoms with van der Waals surface area (Å²) in [7, 11) is 3.27. The number of benzene rings is 2. The lowest BCUT2D eigenvalue weighted by molar-refractivity contribution is 0.340. The van der Waals surface area contributed by atoms with Crippen LogP contribution in [0.5, 0.6) is 17.2 Å². The van der Waals surface area contributed by atoms with E-state index in [0.29, 0.717) is 12.6 Å². The molecule has 0 fully saturated rings. The van der Waals surface area contributed by atoms with Gasteiger partial charge in [0.1, 0.15) is 11.6 Å². The van der Waals surface area contributed by atoms with Gasteiger partial charge in [-0.05, 0) is 61.4 Å². The van der Waals surface area contributed by atoms with Gasteiger partial charge in [-0.25, -0.2) is 4.98 Å². The van der Waals surface area contributed by atoms with Gasteiger partial charge in [0.05, 0.1) is 20.8 Å². The maximum atomic E-state index is 5.45. The normalized spacial score (nSPS) is 10.3. The molecule has 2 N–H and O–H groups in total. The van der Waals surface area contributed by atoms with Crippen LogP contribution in [-0.4, -0.2) is 37.3 Å². The van der Waals surface area contributed by atoms with Crippen LogP contribution in [0.4, 0.5) is 17.5 Å². The van der Waals surface area contributed by atoms with Crippen LogP contribution in [0.2, 0.25) is 0 Å². The van der Waals surface area contributed by atoms with Crippen molar-refractivity contribution in [1.82, 2.24) is 9.97 Å². The molecule has 0 amide bonds. The molecule has 2 aromatic carbocycles. The summed E-state index contributed by atoms with van der Waals surface area (Å²) in [6.07, 6.45) is 2.55. The Morgan fingerprint density at radius 2 is 1.72 bits per heavy atom. The molecule has 0 spiro atoms. The Bertz CT molecular complexity index is 916. The molecule has 0 saturated carbocycles. The third kappa shape index (κ3) is 5.75. The van der Waals surface area contributed by atoms with E-state index in [2.05, 4.69) is 20.6 Å². The molecule has 3 aromatic rings. The molecule has 1 aromatic heterocycles. The van der Waals surface area contributed by atoms with Crippen molar-refractivity contribution in [2.45, 2.75) is 13.3 Å². The lowest BCUT2D eigenvalue weighted by Gasteiger charge is -2.11. The Labute approximate surface area is 171 Å². The van der Waals surface area contributed by atoms with Gasteiger partial charge >= 0.3 is 0 Å². The summed E-state index contributed by atoms with van der Waals surface area (Å²) in [5.74, 6) is 3.59. The van der Waals surface area contributed by atoms with Crippen molar-refractivity contribution in [2.75, 3.05) is 38.0 Å². The van der Waals surface area contributed by atoms with Crippen LogP contribution in [0.15, 0.2) is 54.7 Å². The number of anilines is 3. The number of hydrogen-bond donors (Lipinski definition) is 2. The summed E-state index contributed by atoms with van der Waals surface area (Å²) in [5.41, 5.74) is 2.05. The van der Waals surface area contributed by atoms with Crippen LogP contribution < -0.4 is 24.8 Å². The van der Waals surface area contributed by atoms with E-state index in [1.807, 2.05) is 55.5 Å². The maximum absolute atomic E-state index is 5.45. The predicted molar refractivity (Wildman–Crippen MR) is 115 cm³/mol. The molecule has 7 nitrogen and oxygen atoms in total. The Balaban J connectivity index is 1.56. The minimum Gasteiger partial charge on any atom is -0.494 e. The van der Waals surface area contributed by atoms with Gasteiger partial charge in [0, 0.05) is 18.4 Å². The van der Waals surface area contributed by atoms with E-state index in [1.54, 1.807) is 20.4 Å². The highest BCUT2D eigenvalue weighted by atomic mass is 16.5. The first-order valence-corrected chi connectivity index (χ1v) is 9.49. The first kappa shape index (κ1) is 20.3. The number of rotatable bonds is 10. The first-order chi connectivity index (χ1) is 14.2. The van der Waals surface area contributed by atoms with Crippen LogP contribution in [0.25, 0.3) is 0 Å². The van der Waals surface area contributed by atoms with Crippen molar-refractivity contribution in [1.29, 1.82) is 0 Å². The molecular formula is C22H26N4O3. The summed E-state index contributed by atoms with van der Waals surface area (Å²) >= 11 is 0. The largest absolute Gasteiger partial charge is 0.494 e. The molecule has 0 radical (unpaired) electrons. The van der Waals surface area contributed by atoms with Crippen LogP contribution in [-0.2, 0) is 6.42 Å². The zero-order valence-corrected chi connectivity index (χ0v) is 16.9. The molecule has 0 atom stereocenters. The van der Waals surface area contributed by atoms with Crippen molar-refractivity contribution < 1.29 is 14.2 Å². The third-order valence-electron chi connectivity index (χ3n) is 4.24. The van der Waals surface area contributed by atoms with E-state index < -0.39 is 0 Å². The van der Waals surface area contributed by atoms with Gasteiger partial charge in [0.2, 0.25) is 5.95 Å². The molecule has 0 aliphatic carbocycles. The molecule has 1 heterocycles. The number of ether oxygens (including phenoxy) is 3. The standard InChI is InChI=1S/C22H26N4O3/c1-4-29-18-8-6-17(7-9-18)25-22-24-14-12-21(26-22)23-13-11-16-5-10-19(27-2)20(15-16)28-3/h5-10,12,14-15H,4,11,13H2,1-3H3,(H2,23,24,25,26). The third-order valence-corrected chi connectivity index (χ3v) is 4.24. The summed E-state index contributed by atoms with van der Waals surface area (Å²) in [6, 6.07) is 15.5. The summed E-state index contributed by atoms with van der Waals surface area (Å²) in [6.45, 7) is 3.34. The predicted octanol–water partition coefficient (Wildman–Crippen LogP) is 4.29. The molecule has 0 aliphatic heterocycles. The van der Waals surface area contributed by atoms with E-state index in [9.17, 15) is 0 Å². The molecule has 0 saturated heterocycles. The zero-order valence-electron chi connectivity index (χ0n) is 16.9. The number of methoxy groups -OCH3 is 2. The van der Waals surface area contributed by atoms with Gasteiger partial charge in [0.15, 0.2) is 11.5 Å². The fourth-order valence-corrected chi connectivity index (χ4v) is 2.82. The molecule has 7 heteroatoms. The Morgan fingerprint density at radius 3 is 2.45 bits per heavy atom.